The van der Waals surface area contributed by atoms with Gasteiger partial charge in [-0.05, 0) is 70.1 Å². The zero-order valence-electron chi connectivity index (χ0n) is 17.9. The maximum Gasteiger partial charge on any atom is 0.407 e. The number of hydrogen-bond acceptors (Lipinski definition) is 3. The van der Waals surface area contributed by atoms with Gasteiger partial charge in [0.15, 0.2) is 0 Å². The Morgan fingerprint density at radius 2 is 1.81 bits per heavy atom. The van der Waals surface area contributed by atoms with Gasteiger partial charge in [-0.3, -0.25) is 0 Å². The summed E-state index contributed by atoms with van der Waals surface area (Å²) in [5.41, 5.74) is 0.0380. The summed E-state index contributed by atoms with van der Waals surface area (Å²) < 4.78 is 11.6. The van der Waals surface area contributed by atoms with Crippen LogP contribution in [0.15, 0.2) is 12.2 Å². The molecule has 1 aliphatic rings. The van der Waals surface area contributed by atoms with Crippen molar-refractivity contribution < 1.29 is 14.3 Å². The van der Waals surface area contributed by atoms with Crippen LogP contribution in [0.25, 0.3) is 0 Å². The Bertz CT molecular complexity index is 441. The summed E-state index contributed by atoms with van der Waals surface area (Å²) in [6.07, 6.45) is 11.0. The topological polar surface area (TPSA) is 47.6 Å². The lowest BCUT2D eigenvalue weighted by atomic mass is 9.78. The average molecular weight is 368 g/mol. The van der Waals surface area contributed by atoms with Crippen LogP contribution >= 0.6 is 0 Å². The molecule has 0 aromatic carbocycles. The SMILES string of the molecule is CC(C)C(C)(C)CCOC(C)(C)CCNC(=O)OC1CC/C=C/CCC1. The molecule has 1 aliphatic carbocycles. The Kier molecular flexibility index (Phi) is 9.70. The lowest BCUT2D eigenvalue weighted by molar-refractivity contribution is -0.0375. The maximum atomic E-state index is 12.0. The fourth-order valence-corrected chi connectivity index (χ4v) is 2.85. The van der Waals surface area contributed by atoms with E-state index in [4.69, 9.17) is 9.47 Å². The number of nitrogens with one attached hydrogen (secondary N) is 1. The molecule has 4 heteroatoms. The molecule has 0 spiro atoms. The van der Waals surface area contributed by atoms with Crippen LogP contribution in [0.5, 0.6) is 0 Å². The molecule has 0 aromatic rings. The predicted octanol–water partition coefficient (Wildman–Crippen LogP) is 5.86. The third-order valence-electron chi connectivity index (χ3n) is 5.79. The average Bonchev–Trinajstić information content (AvgIpc) is 2.49. The summed E-state index contributed by atoms with van der Waals surface area (Å²) in [4.78, 5) is 12.0. The van der Waals surface area contributed by atoms with E-state index in [9.17, 15) is 4.79 Å². The Morgan fingerprint density at radius 3 is 2.50 bits per heavy atom. The van der Waals surface area contributed by atoms with Crippen LogP contribution in [0.2, 0.25) is 0 Å². The van der Waals surface area contributed by atoms with Crippen molar-refractivity contribution in [2.75, 3.05) is 13.2 Å². The molecule has 0 heterocycles. The highest BCUT2D eigenvalue weighted by molar-refractivity contribution is 5.67. The molecule has 0 aromatic heterocycles. The molecule has 0 saturated heterocycles. The van der Waals surface area contributed by atoms with Crippen molar-refractivity contribution in [3.63, 3.8) is 0 Å². The van der Waals surface area contributed by atoms with Gasteiger partial charge in [0, 0.05) is 13.2 Å². The van der Waals surface area contributed by atoms with Gasteiger partial charge in [0.25, 0.3) is 0 Å². The Balaban J connectivity index is 2.23. The summed E-state index contributed by atoms with van der Waals surface area (Å²) in [5.74, 6) is 0.634. The number of ether oxygens (including phenoxy) is 2. The van der Waals surface area contributed by atoms with Gasteiger partial charge in [0.1, 0.15) is 6.10 Å². The first-order chi connectivity index (χ1) is 12.1. The highest BCUT2D eigenvalue weighted by Gasteiger charge is 2.25. The van der Waals surface area contributed by atoms with Crippen molar-refractivity contribution in [2.24, 2.45) is 11.3 Å². The van der Waals surface area contributed by atoms with Gasteiger partial charge in [-0.25, -0.2) is 4.79 Å². The van der Waals surface area contributed by atoms with Crippen LogP contribution in [0.4, 0.5) is 4.79 Å². The van der Waals surface area contributed by atoms with Crippen LogP contribution in [-0.4, -0.2) is 30.9 Å². The lowest BCUT2D eigenvalue weighted by Gasteiger charge is -2.32. The van der Waals surface area contributed by atoms with E-state index >= 15 is 0 Å². The Labute approximate surface area is 161 Å². The van der Waals surface area contributed by atoms with E-state index < -0.39 is 0 Å². The van der Waals surface area contributed by atoms with Gasteiger partial charge in [0.05, 0.1) is 5.60 Å². The van der Waals surface area contributed by atoms with E-state index in [2.05, 4.69) is 59.0 Å². The molecule has 0 fully saturated rings. The zero-order chi connectivity index (χ0) is 19.6. The first kappa shape index (κ1) is 23.0. The Morgan fingerprint density at radius 1 is 1.12 bits per heavy atom. The van der Waals surface area contributed by atoms with Crippen molar-refractivity contribution in [1.82, 2.24) is 5.32 Å². The highest BCUT2D eigenvalue weighted by atomic mass is 16.6. The second-order valence-electron chi connectivity index (χ2n) is 9.19. The smallest absolute Gasteiger partial charge is 0.407 e. The van der Waals surface area contributed by atoms with Gasteiger partial charge >= 0.3 is 6.09 Å². The predicted molar refractivity (Wildman–Crippen MR) is 108 cm³/mol. The van der Waals surface area contributed by atoms with Crippen molar-refractivity contribution in [2.45, 2.75) is 98.2 Å². The molecule has 0 bridgehead atoms. The number of rotatable bonds is 9. The summed E-state index contributed by atoms with van der Waals surface area (Å²) >= 11 is 0. The quantitative estimate of drug-likeness (QED) is 0.519. The summed E-state index contributed by atoms with van der Waals surface area (Å²) in [7, 11) is 0. The molecule has 0 saturated carbocycles. The first-order valence-corrected chi connectivity index (χ1v) is 10.4. The van der Waals surface area contributed by atoms with Gasteiger partial charge in [0.2, 0.25) is 0 Å². The number of alkyl carbamates (subject to hydrolysis) is 1. The molecule has 1 N–H and O–H groups in total. The van der Waals surface area contributed by atoms with Crippen LogP contribution in [0, 0.1) is 11.3 Å². The van der Waals surface area contributed by atoms with Crippen molar-refractivity contribution in [3.05, 3.63) is 12.2 Å². The molecule has 4 nitrogen and oxygen atoms in total. The highest BCUT2D eigenvalue weighted by Crippen LogP contribution is 2.30. The van der Waals surface area contributed by atoms with E-state index in [-0.39, 0.29) is 23.2 Å². The summed E-state index contributed by atoms with van der Waals surface area (Å²) in [5, 5.41) is 2.89. The van der Waals surface area contributed by atoms with Crippen LogP contribution in [0.3, 0.4) is 0 Å². The van der Waals surface area contributed by atoms with Crippen molar-refractivity contribution >= 4 is 6.09 Å². The molecule has 1 amide bonds. The second kappa shape index (κ2) is 11.0. The molecule has 26 heavy (non-hydrogen) atoms. The maximum absolute atomic E-state index is 12.0. The van der Waals surface area contributed by atoms with Crippen molar-refractivity contribution in [3.8, 4) is 0 Å². The molecule has 1 rings (SSSR count). The van der Waals surface area contributed by atoms with Gasteiger partial charge in [-0.2, -0.15) is 0 Å². The Hall–Kier alpha value is -1.03. The molecule has 0 aliphatic heterocycles. The second-order valence-corrected chi connectivity index (χ2v) is 9.19. The number of allylic oxidation sites excluding steroid dienone is 2. The number of amides is 1. The van der Waals surface area contributed by atoms with E-state index in [0.29, 0.717) is 12.5 Å². The van der Waals surface area contributed by atoms with E-state index in [1.807, 2.05) is 0 Å². The molecule has 1 atom stereocenters. The summed E-state index contributed by atoms with van der Waals surface area (Å²) in [6, 6.07) is 0. The van der Waals surface area contributed by atoms with E-state index in [1.54, 1.807) is 0 Å². The van der Waals surface area contributed by atoms with Crippen LogP contribution in [0.1, 0.15) is 86.5 Å². The molecular weight excluding hydrogens is 326 g/mol. The van der Waals surface area contributed by atoms with E-state index in [0.717, 1.165) is 51.6 Å². The zero-order valence-corrected chi connectivity index (χ0v) is 17.9. The van der Waals surface area contributed by atoms with Gasteiger partial charge in [-0.1, -0.05) is 39.8 Å². The standard InChI is InChI=1S/C22H41NO3/c1-18(2)21(3,4)15-17-25-22(5,6)14-16-23-20(24)26-19-12-10-8-7-9-11-13-19/h7-8,18-19H,9-17H2,1-6H3,(H,23,24)/b8-7+. The molecular formula is C22H41NO3. The number of carbonyl (C=O) groups excluding carboxylic acids is 1. The normalized spacial score (nSPS) is 20.3. The molecule has 1 unspecified atom stereocenters. The van der Waals surface area contributed by atoms with E-state index in [1.165, 1.54) is 0 Å². The minimum Gasteiger partial charge on any atom is -0.446 e. The van der Waals surface area contributed by atoms with Crippen molar-refractivity contribution in [1.29, 1.82) is 0 Å². The van der Waals surface area contributed by atoms with Gasteiger partial charge < -0.3 is 14.8 Å². The minimum absolute atomic E-state index is 0.0440. The molecule has 0 radical (unpaired) electrons. The lowest BCUT2D eigenvalue weighted by Crippen LogP contribution is -2.35. The number of carbonyl (C=O) groups is 1. The third kappa shape index (κ3) is 9.61. The molecule has 152 valence electrons. The van der Waals surface area contributed by atoms with Crippen LogP contribution in [-0.2, 0) is 9.47 Å². The summed E-state index contributed by atoms with van der Waals surface area (Å²) in [6.45, 7) is 14.6. The largest absolute Gasteiger partial charge is 0.446 e. The fraction of sp³-hybridized carbons (Fsp3) is 0.864. The fourth-order valence-electron chi connectivity index (χ4n) is 2.85. The van der Waals surface area contributed by atoms with Crippen LogP contribution < -0.4 is 5.32 Å². The first-order valence-electron chi connectivity index (χ1n) is 10.4. The monoisotopic (exact) mass is 367 g/mol. The third-order valence-corrected chi connectivity index (χ3v) is 5.79. The minimum atomic E-state index is -0.295. The number of hydrogen-bond donors (Lipinski definition) is 1. The van der Waals surface area contributed by atoms with Gasteiger partial charge in [-0.15, -0.1) is 0 Å².